The number of nitrogens with two attached hydrogens (primary N) is 1. The normalized spacial score (nSPS) is 17.5. The number of fused-ring (bicyclic) bond motifs is 1. The highest BCUT2D eigenvalue weighted by Crippen LogP contribution is 2.36. The lowest BCUT2D eigenvalue weighted by atomic mass is 10.0. The fourth-order valence-corrected chi connectivity index (χ4v) is 4.01. The Labute approximate surface area is 168 Å². The average molecular weight is 405 g/mol. The molecule has 2 aliphatic heterocycles. The summed E-state index contributed by atoms with van der Waals surface area (Å²) >= 11 is 0. The van der Waals surface area contributed by atoms with Gasteiger partial charge in [-0.15, -0.1) is 10.2 Å². The van der Waals surface area contributed by atoms with Gasteiger partial charge in [0.15, 0.2) is 5.82 Å². The molecule has 3 heterocycles. The van der Waals surface area contributed by atoms with Gasteiger partial charge in [0, 0.05) is 38.6 Å². The van der Waals surface area contributed by atoms with Gasteiger partial charge in [0.25, 0.3) is 0 Å². The number of phenols is 1. The zero-order chi connectivity index (χ0) is 20.1. The molecular weight excluding hydrogens is 376 g/mol. The third-order valence-corrected chi connectivity index (χ3v) is 6.08. The number of nitrogens with zero attached hydrogens (tertiary/aromatic N) is 3. The molecule has 0 radical (unpaired) electrons. The third kappa shape index (κ3) is 4.68. The summed E-state index contributed by atoms with van der Waals surface area (Å²) in [4.78, 5) is 3.08. The highest BCUT2D eigenvalue weighted by atomic mass is 32.2. The lowest BCUT2D eigenvalue weighted by Gasteiger charge is -2.24. The van der Waals surface area contributed by atoms with Gasteiger partial charge < -0.3 is 20.5 Å². The number of phenolic OH excluding ortho intramolecular Hbond substituents is 1. The topological polar surface area (TPSA) is 102 Å². The molecule has 1 unspecified atom stereocenters. The van der Waals surface area contributed by atoms with Gasteiger partial charge in [0.1, 0.15) is 11.4 Å². The van der Waals surface area contributed by atoms with Gasteiger partial charge in [-0.1, -0.05) is 13.3 Å². The molecule has 8 heteroatoms. The first-order chi connectivity index (χ1) is 13.5. The molecule has 0 bridgehead atoms. The summed E-state index contributed by atoms with van der Waals surface area (Å²) in [5, 5.41) is 18.1. The maximum absolute atomic E-state index is 11.4. The van der Waals surface area contributed by atoms with Crippen molar-refractivity contribution in [3.05, 3.63) is 29.3 Å². The Hall–Kier alpha value is -2.03. The quantitative estimate of drug-likeness (QED) is 0.811. The summed E-state index contributed by atoms with van der Waals surface area (Å²) in [6.07, 6.45) is 5.86. The van der Waals surface area contributed by atoms with Gasteiger partial charge in [-0.25, -0.2) is 0 Å². The molecule has 0 saturated carbocycles. The molecule has 1 aromatic heterocycles. The Kier molecular flexibility index (Phi) is 6.98. The van der Waals surface area contributed by atoms with Gasteiger partial charge >= 0.3 is 0 Å². The summed E-state index contributed by atoms with van der Waals surface area (Å²) in [7, 11) is -1.15. The molecule has 152 valence electrons. The van der Waals surface area contributed by atoms with E-state index in [0.29, 0.717) is 35.2 Å². The number of aromatic nitrogens is 2. The SMILES string of the molecule is CCN1CCCCC1.CS(=O)c1ccc(-c2nnc(N)c3c2COC3)c(O)c1. The summed E-state index contributed by atoms with van der Waals surface area (Å²) < 4.78 is 16.8. The molecule has 7 nitrogen and oxygen atoms in total. The predicted molar refractivity (Wildman–Crippen MR) is 110 cm³/mol. The first-order valence-corrected chi connectivity index (χ1v) is 11.2. The molecule has 4 rings (SSSR count). The summed E-state index contributed by atoms with van der Waals surface area (Å²) in [6.45, 7) is 6.98. The fraction of sp³-hybridized carbons (Fsp3) is 0.500. The van der Waals surface area contributed by atoms with Crippen LogP contribution in [0.5, 0.6) is 5.75 Å². The van der Waals surface area contributed by atoms with Crippen LogP contribution in [0.1, 0.15) is 37.3 Å². The van der Waals surface area contributed by atoms with Crippen molar-refractivity contribution in [1.82, 2.24) is 15.1 Å². The van der Waals surface area contributed by atoms with Crippen LogP contribution < -0.4 is 5.73 Å². The fourth-order valence-electron chi connectivity index (χ4n) is 3.48. The second-order valence-corrected chi connectivity index (χ2v) is 8.39. The molecule has 2 aliphatic rings. The first kappa shape index (κ1) is 20.7. The van der Waals surface area contributed by atoms with Crippen LogP contribution in [-0.4, -0.2) is 50.3 Å². The van der Waals surface area contributed by atoms with E-state index in [4.69, 9.17) is 10.5 Å². The number of likely N-dealkylation sites (tertiary alicyclic amines) is 1. The van der Waals surface area contributed by atoms with Crippen molar-refractivity contribution >= 4 is 16.6 Å². The van der Waals surface area contributed by atoms with Crippen molar-refractivity contribution in [2.45, 2.75) is 44.3 Å². The van der Waals surface area contributed by atoms with Gasteiger partial charge in [-0.05, 0) is 50.7 Å². The van der Waals surface area contributed by atoms with Crippen LogP contribution >= 0.6 is 0 Å². The van der Waals surface area contributed by atoms with E-state index in [1.807, 2.05) is 0 Å². The van der Waals surface area contributed by atoms with E-state index < -0.39 is 10.8 Å². The Balaban J connectivity index is 0.000000236. The van der Waals surface area contributed by atoms with E-state index in [1.165, 1.54) is 45.0 Å². The Morgan fingerprint density at radius 3 is 2.50 bits per heavy atom. The van der Waals surface area contributed by atoms with Gasteiger partial charge in [0.05, 0.1) is 13.2 Å². The van der Waals surface area contributed by atoms with Gasteiger partial charge in [-0.3, -0.25) is 4.21 Å². The maximum atomic E-state index is 11.4. The van der Waals surface area contributed by atoms with Crippen LogP contribution in [0.2, 0.25) is 0 Å². The molecule has 0 amide bonds. The minimum Gasteiger partial charge on any atom is -0.507 e. The number of aromatic hydroxyl groups is 1. The van der Waals surface area contributed by atoms with E-state index in [-0.39, 0.29) is 5.75 Å². The number of hydrogen-bond donors (Lipinski definition) is 2. The van der Waals surface area contributed by atoms with E-state index in [9.17, 15) is 9.32 Å². The molecule has 3 N–H and O–H groups in total. The van der Waals surface area contributed by atoms with Crippen LogP contribution in [0.25, 0.3) is 11.3 Å². The maximum Gasteiger partial charge on any atom is 0.152 e. The van der Waals surface area contributed by atoms with Gasteiger partial charge in [0.2, 0.25) is 0 Å². The smallest absolute Gasteiger partial charge is 0.152 e. The lowest BCUT2D eigenvalue weighted by Crippen LogP contribution is -2.29. The average Bonchev–Trinajstić information content (AvgIpc) is 3.21. The predicted octanol–water partition coefficient (Wildman–Crippen LogP) is 2.69. The second-order valence-electron chi connectivity index (χ2n) is 7.01. The number of benzene rings is 1. The molecule has 0 spiro atoms. The molecule has 28 heavy (non-hydrogen) atoms. The molecule has 0 aliphatic carbocycles. The highest BCUT2D eigenvalue weighted by molar-refractivity contribution is 7.84. The van der Waals surface area contributed by atoms with Crippen molar-refractivity contribution in [2.24, 2.45) is 0 Å². The zero-order valence-corrected chi connectivity index (χ0v) is 17.3. The van der Waals surface area contributed by atoms with Crippen LogP contribution in [-0.2, 0) is 28.8 Å². The minimum atomic E-state index is -1.15. The molecule has 1 atom stereocenters. The highest BCUT2D eigenvalue weighted by Gasteiger charge is 2.23. The number of anilines is 1. The van der Waals surface area contributed by atoms with E-state index in [2.05, 4.69) is 22.0 Å². The monoisotopic (exact) mass is 404 g/mol. The second kappa shape index (κ2) is 9.45. The van der Waals surface area contributed by atoms with E-state index >= 15 is 0 Å². The lowest BCUT2D eigenvalue weighted by molar-refractivity contribution is 0.135. The molecule has 2 aromatic rings. The standard InChI is InChI=1S/C13H13N3O3S.C7H15N/c1-20(18)7-2-3-8(11(17)4-7)12-9-5-19-6-10(9)13(14)16-15-12;1-2-8-6-4-3-5-7-8/h2-4,17H,5-6H2,1H3,(H2,14,16);2-7H2,1H3. The van der Waals surface area contributed by atoms with Crippen molar-refractivity contribution in [2.75, 3.05) is 31.6 Å². The van der Waals surface area contributed by atoms with Crippen LogP contribution in [0, 0.1) is 0 Å². The zero-order valence-electron chi connectivity index (χ0n) is 16.5. The van der Waals surface area contributed by atoms with Crippen LogP contribution in [0.3, 0.4) is 0 Å². The Morgan fingerprint density at radius 2 is 1.89 bits per heavy atom. The van der Waals surface area contributed by atoms with Gasteiger partial charge in [-0.2, -0.15) is 0 Å². The van der Waals surface area contributed by atoms with Crippen molar-refractivity contribution in [3.63, 3.8) is 0 Å². The Morgan fingerprint density at radius 1 is 1.18 bits per heavy atom. The Bertz CT molecular complexity index is 854. The van der Waals surface area contributed by atoms with Crippen LogP contribution in [0.4, 0.5) is 5.82 Å². The molecular formula is C20H28N4O3S. The number of ether oxygens (including phenoxy) is 1. The summed E-state index contributed by atoms with van der Waals surface area (Å²) in [5.74, 6) is 0.373. The first-order valence-electron chi connectivity index (χ1n) is 9.62. The largest absolute Gasteiger partial charge is 0.507 e. The number of rotatable bonds is 3. The number of hydrogen-bond acceptors (Lipinski definition) is 7. The molecule has 1 aromatic carbocycles. The minimum absolute atomic E-state index is 0.0193. The van der Waals surface area contributed by atoms with E-state index in [1.54, 1.807) is 18.4 Å². The molecule has 1 fully saturated rings. The number of piperidine rings is 1. The summed E-state index contributed by atoms with van der Waals surface area (Å²) in [5.41, 5.74) is 8.52. The van der Waals surface area contributed by atoms with Crippen molar-refractivity contribution in [3.8, 4) is 17.0 Å². The number of nitrogen functional groups attached to an aromatic ring is 1. The van der Waals surface area contributed by atoms with Crippen molar-refractivity contribution < 1.29 is 14.1 Å². The molecule has 1 saturated heterocycles. The third-order valence-electron chi connectivity index (χ3n) is 5.16. The summed E-state index contributed by atoms with van der Waals surface area (Å²) in [6, 6.07) is 4.86. The van der Waals surface area contributed by atoms with Crippen molar-refractivity contribution in [1.29, 1.82) is 0 Å². The van der Waals surface area contributed by atoms with E-state index in [0.717, 1.165) is 11.1 Å². The van der Waals surface area contributed by atoms with Crippen LogP contribution in [0.15, 0.2) is 23.1 Å².